The molecule has 8 heteroatoms. The summed E-state index contributed by atoms with van der Waals surface area (Å²) in [6.45, 7) is 15.4. The maximum Gasteiger partial charge on any atom is 0.294 e. The number of ether oxygens (including phenoxy) is 1. The van der Waals surface area contributed by atoms with E-state index in [1.807, 2.05) is 13.8 Å². The van der Waals surface area contributed by atoms with E-state index in [2.05, 4.69) is 57.0 Å². The Hall–Kier alpha value is -3.26. The molecule has 0 bridgehead atoms. The number of imide groups is 1. The fraction of sp³-hybridized carbons (Fsp3) is 0.433. The van der Waals surface area contributed by atoms with E-state index in [0.29, 0.717) is 34.9 Å². The third kappa shape index (κ3) is 5.60. The van der Waals surface area contributed by atoms with Crippen LogP contribution >= 0.6 is 11.8 Å². The van der Waals surface area contributed by atoms with Crippen LogP contribution in [0.1, 0.15) is 70.6 Å². The molecule has 4 rings (SSSR count). The number of amides is 3. The lowest BCUT2D eigenvalue weighted by atomic mass is 9.78. The first kappa shape index (κ1) is 27.8. The lowest BCUT2D eigenvalue weighted by molar-refractivity contribution is -0.127. The average Bonchev–Trinajstić information content (AvgIpc) is 3.08. The Kier molecular flexibility index (Phi) is 7.93. The van der Waals surface area contributed by atoms with Gasteiger partial charge in [0.05, 0.1) is 11.5 Å². The van der Waals surface area contributed by atoms with Crippen LogP contribution in [-0.4, -0.2) is 46.7 Å². The lowest BCUT2D eigenvalue weighted by Gasteiger charge is -2.50. The zero-order valence-corrected chi connectivity index (χ0v) is 24.1. The zero-order chi connectivity index (χ0) is 27.8. The van der Waals surface area contributed by atoms with Gasteiger partial charge < -0.3 is 15.0 Å². The second-order valence-corrected chi connectivity index (χ2v) is 11.9. The molecular formula is C30H37N3O4S. The maximum absolute atomic E-state index is 13.1. The number of nitrogens with one attached hydrogen (secondary N) is 1. The van der Waals surface area contributed by atoms with Crippen LogP contribution in [0.4, 0.5) is 16.2 Å². The van der Waals surface area contributed by atoms with Gasteiger partial charge in [0, 0.05) is 23.0 Å². The molecule has 2 heterocycles. The summed E-state index contributed by atoms with van der Waals surface area (Å²) < 4.78 is 5.41. The van der Waals surface area contributed by atoms with Crippen molar-refractivity contribution in [2.24, 2.45) is 0 Å². The Morgan fingerprint density at radius 3 is 2.53 bits per heavy atom. The van der Waals surface area contributed by atoms with Gasteiger partial charge in [0.25, 0.3) is 11.1 Å². The quantitative estimate of drug-likeness (QED) is 0.404. The summed E-state index contributed by atoms with van der Waals surface area (Å²) in [5.74, 6) is 0.183. The van der Waals surface area contributed by atoms with Crippen molar-refractivity contribution in [1.29, 1.82) is 0 Å². The second kappa shape index (κ2) is 10.8. The van der Waals surface area contributed by atoms with E-state index in [1.165, 1.54) is 11.3 Å². The van der Waals surface area contributed by atoms with Crippen LogP contribution in [0.15, 0.2) is 41.3 Å². The van der Waals surface area contributed by atoms with E-state index in [0.717, 1.165) is 34.2 Å². The monoisotopic (exact) mass is 535 g/mol. The molecule has 2 aromatic rings. The van der Waals surface area contributed by atoms with Crippen LogP contribution in [0.25, 0.3) is 6.08 Å². The van der Waals surface area contributed by atoms with Crippen molar-refractivity contribution in [2.45, 2.75) is 72.4 Å². The van der Waals surface area contributed by atoms with Crippen LogP contribution < -0.4 is 15.0 Å². The molecule has 1 fully saturated rings. The van der Waals surface area contributed by atoms with Crippen molar-refractivity contribution >= 4 is 46.3 Å². The van der Waals surface area contributed by atoms with Gasteiger partial charge in [-0.15, -0.1) is 0 Å². The van der Waals surface area contributed by atoms with Gasteiger partial charge in [0.15, 0.2) is 0 Å². The van der Waals surface area contributed by atoms with Crippen molar-refractivity contribution < 1.29 is 19.1 Å². The van der Waals surface area contributed by atoms with Crippen LogP contribution in [0.3, 0.4) is 0 Å². The fourth-order valence-electron chi connectivity index (χ4n) is 5.67. The first-order chi connectivity index (χ1) is 17.9. The number of thioether (sulfide) groups is 1. The molecule has 3 amide bonds. The highest BCUT2D eigenvalue weighted by molar-refractivity contribution is 8.18. The first-order valence-corrected chi connectivity index (χ1v) is 13.9. The van der Waals surface area contributed by atoms with E-state index < -0.39 is 17.1 Å². The molecule has 1 saturated heterocycles. The Balaban J connectivity index is 1.52. The molecule has 2 aliphatic heterocycles. The van der Waals surface area contributed by atoms with Gasteiger partial charge in [-0.2, -0.15) is 0 Å². The van der Waals surface area contributed by atoms with Gasteiger partial charge in [-0.05, 0) is 125 Å². The van der Waals surface area contributed by atoms with E-state index >= 15 is 0 Å². The summed E-state index contributed by atoms with van der Waals surface area (Å²) in [5.41, 5.74) is 5.06. The number of benzene rings is 2. The normalized spacial score (nSPS) is 19.8. The Bertz CT molecular complexity index is 1280. The molecule has 0 radical (unpaired) electrons. The van der Waals surface area contributed by atoms with Crippen molar-refractivity contribution in [3.63, 3.8) is 0 Å². The van der Waals surface area contributed by atoms with Gasteiger partial charge >= 0.3 is 0 Å². The van der Waals surface area contributed by atoms with Crippen molar-refractivity contribution in [3.8, 4) is 5.75 Å². The number of carbonyl (C=O) groups excluding carboxylic acids is 3. The number of fused-ring (bicyclic) bond motifs is 1. The van der Waals surface area contributed by atoms with Crippen molar-refractivity contribution in [1.82, 2.24) is 4.90 Å². The lowest BCUT2D eigenvalue weighted by Crippen LogP contribution is -2.51. The summed E-state index contributed by atoms with van der Waals surface area (Å²) in [7, 11) is 0. The fourth-order valence-corrected chi connectivity index (χ4v) is 6.50. The van der Waals surface area contributed by atoms with Gasteiger partial charge in [-0.3, -0.25) is 19.3 Å². The first-order valence-electron chi connectivity index (χ1n) is 13.1. The highest BCUT2D eigenvalue weighted by atomic mass is 32.2. The summed E-state index contributed by atoms with van der Waals surface area (Å²) in [6, 6.07) is 11.7. The predicted molar refractivity (Wildman–Crippen MR) is 155 cm³/mol. The SMILES string of the molecule is CCOc1ccc(NC(=O)CN2C(=O)S/C(=C\c3cc4c(cc3C)N(C(C)C)C(C)(C)C[C@H]4C)C2=O)cc1. The summed E-state index contributed by atoms with van der Waals surface area (Å²) in [5, 5.41) is 2.29. The molecule has 1 N–H and O–H groups in total. The number of carbonyl (C=O) groups is 3. The summed E-state index contributed by atoms with van der Waals surface area (Å²) in [4.78, 5) is 42.2. The molecule has 0 saturated carbocycles. The number of rotatable bonds is 7. The summed E-state index contributed by atoms with van der Waals surface area (Å²) in [6.07, 6.45) is 2.82. The molecular weight excluding hydrogens is 498 g/mol. The molecule has 0 aliphatic carbocycles. The maximum atomic E-state index is 13.1. The molecule has 2 aromatic carbocycles. The third-order valence-corrected chi connectivity index (χ3v) is 8.00. The third-order valence-electron chi connectivity index (χ3n) is 7.09. The number of nitrogens with zero attached hydrogens (tertiary/aromatic N) is 2. The average molecular weight is 536 g/mol. The molecule has 7 nitrogen and oxygen atoms in total. The van der Waals surface area contributed by atoms with Crippen molar-refractivity contribution in [2.75, 3.05) is 23.4 Å². The van der Waals surface area contributed by atoms with Crippen LogP contribution in [-0.2, 0) is 9.59 Å². The predicted octanol–water partition coefficient (Wildman–Crippen LogP) is 6.57. The van der Waals surface area contributed by atoms with Gasteiger partial charge in [0.2, 0.25) is 5.91 Å². The minimum Gasteiger partial charge on any atom is -0.494 e. The van der Waals surface area contributed by atoms with E-state index in [-0.39, 0.29) is 12.1 Å². The number of anilines is 2. The molecule has 38 heavy (non-hydrogen) atoms. The van der Waals surface area contributed by atoms with Crippen LogP contribution in [0.5, 0.6) is 5.75 Å². The smallest absolute Gasteiger partial charge is 0.294 e. The van der Waals surface area contributed by atoms with Gasteiger partial charge in [0.1, 0.15) is 12.3 Å². The number of aryl methyl sites for hydroxylation is 1. The number of hydrogen-bond donors (Lipinski definition) is 1. The zero-order valence-electron chi connectivity index (χ0n) is 23.3. The number of hydrogen-bond acceptors (Lipinski definition) is 6. The van der Waals surface area contributed by atoms with E-state index in [9.17, 15) is 14.4 Å². The Morgan fingerprint density at radius 1 is 1.21 bits per heavy atom. The second-order valence-electron chi connectivity index (χ2n) is 10.9. The molecule has 0 unspecified atom stereocenters. The Morgan fingerprint density at radius 2 is 1.89 bits per heavy atom. The molecule has 1 atom stereocenters. The van der Waals surface area contributed by atoms with E-state index in [4.69, 9.17) is 4.74 Å². The topological polar surface area (TPSA) is 79.0 Å². The van der Waals surface area contributed by atoms with Gasteiger partial charge in [-0.25, -0.2) is 0 Å². The molecule has 0 aromatic heterocycles. The van der Waals surface area contributed by atoms with Gasteiger partial charge in [-0.1, -0.05) is 6.92 Å². The molecule has 0 spiro atoms. The minimum atomic E-state index is -0.447. The largest absolute Gasteiger partial charge is 0.494 e. The van der Waals surface area contributed by atoms with Crippen molar-refractivity contribution in [3.05, 3.63) is 58.0 Å². The standard InChI is InChI=1S/C30H37N3O4S/c1-8-37-23-11-9-22(10-12-23)31-27(34)17-32-28(35)26(38-29(32)36)15-21-14-24-20(5)16-30(6,7)33(18(2)3)25(24)13-19(21)4/h9-15,18,20H,8,16-17H2,1-7H3,(H,31,34)/b26-15-/t20-/m1/s1. The highest BCUT2D eigenvalue weighted by Crippen LogP contribution is 2.46. The minimum absolute atomic E-state index is 0.0447. The summed E-state index contributed by atoms with van der Waals surface area (Å²) >= 11 is 0.876. The van der Waals surface area contributed by atoms with Crippen LogP contribution in [0, 0.1) is 6.92 Å². The molecule has 202 valence electrons. The van der Waals surface area contributed by atoms with Crippen LogP contribution in [0.2, 0.25) is 0 Å². The molecule has 2 aliphatic rings. The Labute approximate surface area is 229 Å². The highest BCUT2D eigenvalue weighted by Gasteiger charge is 2.39. The van der Waals surface area contributed by atoms with E-state index in [1.54, 1.807) is 30.3 Å².